The summed E-state index contributed by atoms with van der Waals surface area (Å²) in [5.41, 5.74) is 6.38. The summed E-state index contributed by atoms with van der Waals surface area (Å²) in [7, 11) is 1.57. The van der Waals surface area contributed by atoms with Gasteiger partial charge in [0.2, 0.25) is 0 Å². The highest BCUT2D eigenvalue weighted by Gasteiger charge is 2.08. The van der Waals surface area contributed by atoms with Gasteiger partial charge in [0.15, 0.2) is 0 Å². The van der Waals surface area contributed by atoms with Crippen molar-refractivity contribution >= 4 is 11.6 Å². The molecule has 3 nitrogen and oxygen atoms in total. The molecule has 66 valence electrons. The van der Waals surface area contributed by atoms with Gasteiger partial charge in [-0.2, -0.15) is 0 Å². The minimum absolute atomic E-state index is 0.141. The molecule has 0 saturated carbocycles. The largest absolute Gasteiger partial charge is 0.495 e. The maximum Gasteiger partial charge on any atom is 0.143 e. The fraction of sp³-hybridized carbons (Fsp3) is 0.375. The van der Waals surface area contributed by atoms with Crippen LogP contribution in [-0.2, 0) is 0 Å². The molecule has 12 heavy (non-hydrogen) atoms. The summed E-state index contributed by atoms with van der Waals surface area (Å²) in [6, 6.07) is 1.56. The molecule has 0 aromatic carbocycles. The summed E-state index contributed by atoms with van der Waals surface area (Å²) in [5, 5.41) is 0.552. The van der Waals surface area contributed by atoms with E-state index >= 15 is 0 Å². The number of hydrogen-bond donors (Lipinski definition) is 1. The van der Waals surface area contributed by atoms with Gasteiger partial charge in [-0.1, -0.05) is 11.6 Å². The van der Waals surface area contributed by atoms with Crippen LogP contribution in [0.3, 0.4) is 0 Å². The predicted octanol–water partition coefficient (Wildman–Crippen LogP) is 1.76. The van der Waals surface area contributed by atoms with Crippen molar-refractivity contribution in [2.45, 2.75) is 13.0 Å². The zero-order chi connectivity index (χ0) is 9.14. The normalized spacial score (nSPS) is 12.7. The first kappa shape index (κ1) is 9.29. The minimum atomic E-state index is -0.141. The summed E-state index contributed by atoms with van der Waals surface area (Å²) in [6.45, 7) is 1.85. The fourth-order valence-corrected chi connectivity index (χ4v) is 1.08. The Hall–Kier alpha value is -0.800. The molecule has 0 bridgehead atoms. The van der Waals surface area contributed by atoms with Crippen LogP contribution in [0.25, 0.3) is 0 Å². The van der Waals surface area contributed by atoms with Gasteiger partial charge in [0, 0.05) is 18.3 Å². The lowest BCUT2D eigenvalue weighted by Gasteiger charge is -2.09. The van der Waals surface area contributed by atoms with Crippen molar-refractivity contribution in [1.29, 1.82) is 0 Å². The molecule has 1 rings (SSSR count). The second-order valence-electron chi connectivity index (χ2n) is 2.53. The number of nitrogens with zero attached hydrogens (tertiary/aromatic N) is 1. The summed E-state index contributed by atoms with van der Waals surface area (Å²) in [4.78, 5) is 4.07. The lowest BCUT2D eigenvalue weighted by Crippen LogP contribution is -2.08. The summed E-state index contributed by atoms with van der Waals surface area (Å²) in [5.74, 6) is 0.637. The molecule has 0 aliphatic carbocycles. The van der Waals surface area contributed by atoms with Gasteiger partial charge in [-0.25, -0.2) is 0 Å². The number of nitrogens with two attached hydrogens (primary N) is 1. The third-order valence-corrected chi connectivity index (χ3v) is 1.71. The highest BCUT2D eigenvalue weighted by Crippen LogP contribution is 2.24. The molecule has 1 heterocycles. The number of halogens is 1. The number of aromatic nitrogens is 1. The first-order chi connectivity index (χ1) is 5.65. The zero-order valence-corrected chi connectivity index (χ0v) is 7.80. The van der Waals surface area contributed by atoms with Crippen LogP contribution >= 0.6 is 11.6 Å². The van der Waals surface area contributed by atoms with Crippen molar-refractivity contribution < 1.29 is 4.74 Å². The first-order valence-corrected chi connectivity index (χ1v) is 3.98. The van der Waals surface area contributed by atoms with Crippen LogP contribution in [0.5, 0.6) is 5.75 Å². The molecule has 0 fully saturated rings. The Balaban J connectivity index is 3.11. The van der Waals surface area contributed by atoms with E-state index < -0.39 is 0 Å². The lowest BCUT2D eigenvalue weighted by atomic mass is 10.2. The van der Waals surface area contributed by atoms with E-state index in [2.05, 4.69) is 4.98 Å². The quantitative estimate of drug-likeness (QED) is 0.766. The van der Waals surface area contributed by atoms with Crippen LogP contribution < -0.4 is 10.5 Å². The van der Waals surface area contributed by atoms with Crippen LogP contribution in [0.1, 0.15) is 18.7 Å². The maximum absolute atomic E-state index is 5.72. The number of methoxy groups -OCH3 is 1. The van der Waals surface area contributed by atoms with Crippen molar-refractivity contribution in [2.24, 2.45) is 5.73 Å². The Morgan fingerprint density at radius 1 is 1.67 bits per heavy atom. The van der Waals surface area contributed by atoms with Crippen LogP contribution in [0, 0.1) is 0 Å². The molecule has 2 N–H and O–H groups in total. The van der Waals surface area contributed by atoms with Gasteiger partial charge >= 0.3 is 0 Å². The van der Waals surface area contributed by atoms with E-state index in [-0.39, 0.29) is 6.04 Å². The van der Waals surface area contributed by atoms with Crippen LogP contribution in [0.15, 0.2) is 12.3 Å². The first-order valence-electron chi connectivity index (χ1n) is 3.60. The van der Waals surface area contributed by atoms with E-state index in [1.807, 2.05) is 6.92 Å². The van der Waals surface area contributed by atoms with Gasteiger partial charge in [0.05, 0.1) is 17.8 Å². The van der Waals surface area contributed by atoms with Crippen molar-refractivity contribution in [3.63, 3.8) is 0 Å². The SMILES string of the molecule is COc1cc(Cl)cnc1C(C)N. The maximum atomic E-state index is 5.72. The predicted molar refractivity (Wildman–Crippen MR) is 48.4 cm³/mol. The van der Waals surface area contributed by atoms with E-state index in [9.17, 15) is 0 Å². The van der Waals surface area contributed by atoms with Gasteiger partial charge in [0.1, 0.15) is 5.75 Å². The van der Waals surface area contributed by atoms with Crippen molar-refractivity contribution in [3.05, 3.63) is 23.0 Å². The molecule has 0 amide bonds. The molecule has 1 aromatic rings. The Labute approximate surface area is 76.5 Å². The molecule has 1 atom stereocenters. The van der Waals surface area contributed by atoms with Crippen LogP contribution in [0.2, 0.25) is 5.02 Å². The molecule has 0 radical (unpaired) electrons. The number of hydrogen-bond acceptors (Lipinski definition) is 3. The molecular weight excluding hydrogens is 176 g/mol. The summed E-state index contributed by atoms with van der Waals surface area (Å²) >= 11 is 5.72. The van der Waals surface area contributed by atoms with Gasteiger partial charge in [-0.05, 0) is 6.92 Å². The lowest BCUT2D eigenvalue weighted by molar-refractivity contribution is 0.403. The highest BCUT2D eigenvalue weighted by atomic mass is 35.5. The Kier molecular flexibility index (Phi) is 2.89. The van der Waals surface area contributed by atoms with Crippen molar-refractivity contribution in [1.82, 2.24) is 4.98 Å². The molecule has 0 aliphatic rings. The summed E-state index contributed by atoms with van der Waals surface area (Å²) in [6.07, 6.45) is 1.56. The molecule has 4 heteroatoms. The number of ether oxygens (including phenoxy) is 1. The third kappa shape index (κ3) is 1.87. The van der Waals surface area contributed by atoms with Gasteiger partial charge in [-0.15, -0.1) is 0 Å². The van der Waals surface area contributed by atoms with E-state index in [4.69, 9.17) is 22.1 Å². The van der Waals surface area contributed by atoms with Crippen LogP contribution in [-0.4, -0.2) is 12.1 Å². The smallest absolute Gasteiger partial charge is 0.143 e. The van der Waals surface area contributed by atoms with E-state index in [1.54, 1.807) is 19.4 Å². The summed E-state index contributed by atoms with van der Waals surface area (Å²) < 4.78 is 5.06. The van der Waals surface area contributed by atoms with Crippen molar-refractivity contribution in [2.75, 3.05) is 7.11 Å². The number of rotatable bonds is 2. The highest BCUT2D eigenvalue weighted by molar-refractivity contribution is 6.30. The van der Waals surface area contributed by atoms with Gasteiger partial charge < -0.3 is 10.5 Å². The Bertz CT molecular complexity index is 276. The number of pyridine rings is 1. The standard InChI is InChI=1S/C8H11ClN2O/c1-5(10)8-7(12-2)3-6(9)4-11-8/h3-5H,10H2,1-2H3. The third-order valence-electron chi connectivity index (χ3n) is 1.50. The van der Waals surface area contributed by atoms with Crippen molar-refractivity contribution in [3.8, 4) is 5.75 Å². The van der Waals surface area contributed by atoms with Crippen LogP contribution in [0.4, 0.5) is 0 Å². The molecule has 0 aliphatic heterocycles. The fourth-order valence-electron chi connectivity index (χ4n) is 0.937. The average Bonchev–Trinajstić information content (AvgIpc) is 2.03. The topological polar surface area (TPSA) is 48.1 Å². The molecule has 1 unspecified atom stereocenters. The zero-order valence-electron chi connectivity index (χ0n) is 7.04. The monoisotopic (exact) mass is 186 g/mol. The average molecular weight is 187 g/mol. The minimum Gasteiger partial charge on any atom is -0.495 e. The van der Waals surface area contributed by atoms with Gasteiger partial charge in [0.25, 0.3) is 0 Å². The Morgan fingerprint density at radius 3 is 2.83 bits per heavy atom. The van der Waals surface area contributed by atoms with Gasteiger partial charge in [-0.3, -0.25) is 4.98 Å². The molecule has 0 spiro atoms. The Morgan fingerprint density at radius 2 is 2.33 bits per heavy atom. The molecule has 0 saturated heterocycles. The molecular formula is C8H11ClN2O. The van der Waals surface area contributed by atoms with E-state index in [0.717, 1.165) is 5.69 Å². The second-order valence-corrected chi connectivity index (χ2v) is 2.97. The van der Waals surface area contributed by atoms with E-state index in [1.165, 1.54) is 0 Å². The molecule has 1 aromatic heterocycles. The van der Waals surface area contributed by atoms with E-state index in [0.29, 0.717) is 10.8 Å². The second kappa shape index (κ2) is 3.74.